The highest BCUT2D eigenvalue weighted by molar-refractivity contribution is 5.85. The van der Waals surface area contributed by atoms with Crippen molar-refractivity contribution in [2.24, 2.45) is 5.92 Å². The zero-order valence-electron chi connectivity index (χ0n) is 14.6. The molecule has 0 radical (unpaired) electrons. The van der Waals surface area contributed by atoms with Gasteiger partial charge in [-0.1, -0.05) is 24.3 Å². The number of hydrogen-bond donors (Lipinski definition) is 2. The molecule has 1 aromatic rings. The maximum absolute atomic E-state index is 12.5. The summed E-state index contributed by atoms with van der Waals surface area (Å²) in [5, 5.41) is 6.48. The molecule has 0 aromatic heterocycles. The van der Waals surface area contributed by atoms with E-state index in [2.05, 4.69) is 22.8 Å². The molecule has 1 saturated carbocycles. The summed E-state index contributed by atoms with van der Waals surface area (Å²) in [5.41, 5.74) is 2.53. The van der Waals surface area contributed by atoms with Crippen molar-refractivity contribution in [2.75, 3.05) is 6.61 Å². The van der Waals surface area contributed by atoms with Gasteiger partial charge >= 0.3 is 5.97 Å². The molecular formula is C19H27ClN2O3. The third kappa shape index (κ3) is 4.95. The molecule has 2 N–H and O–H groups in total. The molecule has 0 bridgehead atoms. The predicted molar refractivity (Wildman–Crippen MR) is 98.5 cm³/mol. The van der Waals surface area contributed by atoms with E-state index < -0.39 is 0 Å². The van der Waals surface area contributed by atoms with Gasteiger partial charge in [0.1, 0.15) is 0 Å². The molecule has 1 unspecified atom stereocenters. The lowest BCUT2D eigenvalue weighted by atomic mass is 9.85. The number of hydrogen-bond acceptors (Lipinski definition) is 4. The number of fused-ring (bicyclic) bond motifs is 1. The predicted octanol–water partition coefficient (Wildman–Crippen LogP) is 2.36. The van der Waals surface area contributed by atoms with Crippen molar-refractivity contribution in [1.82, 2.24) is 10.6 Å². The van der Waals surface area contributed by atoms with Crippen molar-refractivity contribution in [3.63, 3.8) is 0 Å². The highest BCUT2D eigenvalue weighted by Gasteiger charge is 2.30. The fraction of sp³-hybridized carbons (Fsp3) is 0.579. The van der Waals surface area contributed by atoms with Gasteiger partial charge in [0.25, 0.3) is 0 Å². The Hall–Kier alpha value is -1.59. The summed E-state index contributed by atoms with van der Waals surface area (Å²) in [6.07, 6.45) is 4.02. The third-order valence-corrected chi connectivity index (χ3v) is 5.09. The largest absolute Gasteiger partial charge is 0.466 e. The molecule has 0 saturated heterocycles. The summed E-state index contributed by atoms with van der Waals surface area (Å²) in [4.78, 5) is 24.3. The van der Waals surface area contributed by atoms with Crippen LogP contribution in [0.25, 0.3) is 0 Å². The van der Waals surface area contributed by atoms with Crippen LogP contribution in [0.4, 0.5) is 0 Å². The molecule has 3 rings (SSSR count). The van der Waals surface area contributed by atoms with E-state index in [9.17, 15) is 9.59 Å². The van der Waals surface area contributed by atoms with Crippen molar-refractivity contribution < 1.29 is 14.3 Å². The minimum atomic E-state index is -0.164. The van der Waals surface area contributed by atoms with Crippen LogP contribution in [0, 0.1) is 5.92 Å². The lowest BCUT2D eigenvalue weighted by Gasteiger charge is -2.31. The number of benzene rings is 1. The van der Waals surface area contributed by atoms with Gasteiger partial charge in [0.05, 0.1) is 18.6 Å². The Bertz CT molecular complexity index is 600. The standard InChI is InChI=1S/C19H26N2O3.ClH/c1-2-24-19(23)13-7-9-16(10-8-13)21-18(22)17-11-14-5-3-4-6-15(14)12-20-17;/h3-6,13,16-17,20H,2,7-12H2,1H3,(H,21,22);1H. The van der Waals surface area contributed by atoms with E-state index in [1.54, 1.807) is 0 Å². The summed E-state index contributed by atoms with van der Waals surface area (Å²) in [6.45, 7) is 3.01. The molecule has 6 heteroatoms. The molecule has 138 valence electrons. The summed E-state index contributed by atoms with van der Waals surface area (Å²) < 4.78 is 5.09. The number of nitrogens with one attached hydrogen (secondary N) is 2. The van der Waals surface area contributed by atoms with Crippen molar-refractivity contribution in [3.8, 4) is 0 Å². The second kappa shape index (κ2) is 9.20. The van der Waals surface area contributed by atoms with Crippen molar-refractivity contribution in [3.05, 3.63) is 35.4 Å². The van der Waals surface area contributed by atoms with E-state index in [4.69, 9.17) is 4.74 Å². The topological polar surface area (TPSA) is 67.4 Å². The monoisotopic (exact) mass is 366 g/mol. The van der Waals surface area contributed by atoms with Gasteiger partial charge in [-0.2, -0.15) is 0 Å². The van der Waals surface area contributed by atoms with Crippen LogP contribution >= 0.6 is 12.4 Å². The van der Waals surface area contributed by atoms with E-state index in [1.165, 1.54) is 11.1 Å². The maximum atomic E-state index is 12.5. The minimum Gasteiger partial charge on any atom is -0.466 e. The van der Waals surface area contributed by atoms with Crippen LogP contribution in [0.15, 0.2) is 24.3 Å². The molecule has 1 atom stereocenters. The van der Waals surface area contributed by atoms with Crippen LogP contribution in [0.5, 0.6) is 0 Å². The Labute approximate surface area is 155 Å². The third-order valence-electron chi connectivity index (χ3n) is 5.09. The van der Waals surface area contributed by atoms with Crippen LogP contribution in [0.2, 0.25) is 0 Å². The second-order valence-electron chi connectivity index (χ2n) is 6.72. The molecular weight excluding hydrogens is 340 g/mol. The summed E-state index contributed by atoms with van der Waals surface area (Å²) >= 11 is 0. The van der Waals surface area contributed by atoms with Gasteiger partial charge in [-0.3, -0.25) is 9.59 Å². The second-order valence-corrected chi connectivity index (χ2v) is 6.72. The first kappa shape index (κ1) is 19.7. The van der Waals surface area contributed by atoms with Gasteiger partial charge in [0.2, 0.25) is 5.91 Å². The van der Waals surface area contributed by atoms with Gasteiger partial charge in [-0.05, 0) is 50.2 Å². The number of ether oxygens (including phenoxy) is 1. The maximum Gasteiger partial charge on any atom is 0.308 e. The average molecular weight is 367 g/mol. The smallest absolute Gasteiger partial charge is 0.308 e. The first-order chi connectivity index (χ1) is 11.7. The fourth-order valence-corrected chi connectivity index (χ4v) is 3.68. The van der Waals surface area contributed by atoms with Gasteiger partial charge < -0.3 is 15.4 Å². The number of carbonyl (C=O) groups excluding carboxylic acids is 2. The van der Waals surface area contributed by atoms with Gasteiger partial charge in [-0.25, -0.2) is 0 Å². The van der Waals surface area contributed by atoms with Crippen molar-refractivity contribution >= 4 is 24.3 Å². The number of amides is 1. The molecule has 1 aliphatic heterocycles. The van der Waals surface area contributed by atoms with E-state index in [0.29, 0.717) is 6.61 Å². The average Bonchev–Trinajstić information content (AvgIpc) is 2.62. The van der Waals surface area contributed by atoms with E-state index in [0.717, 1.165) is 38.6 Å². The van der Waals surface area contributed by atoms with E-state index in [1.807, 2.05) is 19.1 Å². The first-order valence-corrected chi connectivity index (χ1v) is 8.94. The Morgan fingerprint density at radius 3 is 2.52 bits per heavy atom. The lowest BCUT2D eigenvalue weighted by Crippen LogP contribution is -2.51. The summed E-state index contributed by atoms with van der Waals surface area (Å²) in [7, 11) is 0. The molecule has 1 fully saturated rings. The molecule has 1 aromatic carbocycles. The number of halogens is 1. The molecule has 2 aliphatic rings. The Kier molecular flexibility index (Phi) is 7.26. The van der Waals surface area contributed by atoms with Crippen molar-refractivity contribution in [2.45, 2.75) is 57.7 Å². The first-order valence-electron chi connectivity index (χ1n) is 8.94. The van der Waals surface area contributed by atoms with Gasteiger partial charge in [-0.15, -0.1) is 12.4 Å². The molecule has 1 aliphatic carbocycles. The number of rotatable bonds is 4. The molecule has 1 heterocycles. The highest BCUT2D eigenvalue weighted by Crippen LogP contribution is 2.25. The Balaban J connectivity index is 0.00000225. The van der Waals surface area contributed by atoms with Gasteiger partial charge in [0, 0.05) is 12.6 Å². The Morgan fingerprint density at radius 1 is 1.16 bits per heavy atom. The molecule has 5 nitrogen and oxygen atoms in total. The van der Waals surface area contributed by atoms with E-state index in [-0.39, 0.29) is 42.3 Å². The summed E-state index contributed by atoms with van der Waals surface area (Å²) in [6, 6.07) is 8.26. The van der Waals surface area contributed by atoms with E-state index >= 15 is 0 Å². The van der Waals surface area contributed by atoms with Crippen LogP contribution in [-0.4, -0.2) is 30.6 Å². The highest BCUT2D eigenvalue weighted by atomic mass is 35.5. The quantitative estimate of drug-likeness (QED) is 0.803. The Morgan fingerprint density at radius 2 is 1.84 bits per heavy atom. The molecule has 25 heavy (non-hydrogen) atoms. The number of carbonyl (C=O) groups is 2. The normalized spacial score (nSPS) is 25.2. The summed E-state index contributed by atoms with van der Waals surface area (Å²) in [5.74, 6) is -0.0188. The van der Waals surface area contributed by atoms with Crippen LogP contribution in [-0.2, 0) is 27.3 Å². The SMILES string of the molecule is CCOC(=O)C1CCC(NC(=O)C2Cc3ccccc3CN2)CC1.Cl. The van der Waals surface area contributed by atoms with Crippen LogP contribution < -0.4 is 10.6 Å². The molecule has 1 amide bonds. The van der Waals surface area contributed by atoms with Crippen molar-refractivity contribution in [1.29, 1.82) is 0 Å². The zero-order valence-corrected chi connectivity index (χ0v) is 15.4. The van der Waals surface area contributed by atoms with Crippen LogP contribution in [0.3, 0.4) is 0 Å². The fourth-order valence-electron chi connectivity index (χ4n) is 3.68. The number of esters is 1. The van der Waals surface area contributed by atoms with Crippen LogP contribution in [0.1, 0.15) is 43.7 Å². The lowest BCUT2D eigenvalue weighted by molar-refractivity contribution is -0.149. The minimum absolute atomic E-state index is 0. The molecule has 0 spiro atoms. The van der Waals surface area contributed by atoms with Gasteiger partial charge in [0.15, 0.2) is 0 Å². The zero-order chi connectivity index (χ0) is 16.9.